The van der Waals surface area contributed by atoms with Crippen molar-refractivity contribution in [1.29, 1.82) is 0 Å². The highest BCUT2D eigenvalue weighted by Gasteiger charge is 2.38. The summed E-state index contributed by atoms with van der Waals surface area (Å²) in [7, 11) is 0. The number of nitrogen functional groups attached to an aromatic ring is 1. The highest BCUT2D eigenvalue weighted by atomic mass is 16.6. The molecule has 2 aromatic heterocycles. The van der Waals surface area contributed by atoms with Crippen molar-refractivity contribution >= 4 is 22.9 Å². The number of hydrogen-bond donors (Lipinski definition) is 2. The second-order valence-corrected chi connectivity index (χ2v) is 12.2. The molecule has 1 atom stereocenters. The third-order valence-electron chi connectivity index (χ3n) is 8.17. The Morgan fingerprint density at radius 2 is 1.69 bits per heavy atom. The van der Waals surface area contributed by atoms with Crippen molar-refractivity contribution < 1.29 is 14.3 Å². The normalized spacial score (nSPS) is 21.3. The summed E-state index contributed by atoms with van der Waals surface area (Å²) in [5.74, 6) is 2.33. The molecule has 1 saturated heterocycles. The van der Waals surface area contributed by atoms with E-state index in [2.05, 4.69) is 15.3 Å². The van der Waals surface area contributed by atoms with Gasteiger partial charge in [-0.1, -0.05) is 18.2 Å². The van der Waals surface area contributed by atoms with E-state index < -0.39 is 5.60 Å². The molecule has 220 valence electrons. The number of carbonyl (C=O) groups is 1. The Balaban J connectivity index is 1.20. The Labute approximate surface area is 246 Å². The molecule has 4 aromatic rings. The molecule has 10 nitrogen and oxygen atoms in total. The third kappa shape index (κ3) is 5.90. The van der Waals surface area contributed by atoms with Gasteiger partial charge in [0.05, 0.1) is 17.5 Å². The maximum Gasteiger partial charge on any atom is 0.410 e. The molecule has 1 saturated carbocycles. The molecule has 3 N–H and O–H groups in total. The van der Waals surface area contributed by atoms with Crippen LogP contribution in [0.25, 0.3) is 22.3 Å². The number of anilines is 1. The highest BCUT2D eigenvalue weighted by molar-refractivity contribution is 5.98. The first-order valence-corrected chi connectivity index (χ1v) is 14.8. The summed E-state index contributed by atoms with van der Waals surface area (Å²) in [6.07, 6.45) is 5.14. The number of rotatable bonds is 5. The minimum Gasteiger partial charge on any atom is -0.457 e. The van der Waals surface area contributed by atoms with Crippen LogP contribution in [0.2, 0.25) is 0 Å². The van der Waals surface area contributed by atoms with Gasteiger partial charge in [-0.15, -0.1) is 0 Å². The SMILES string of the molecule is CC(C)(C)OC(=O)N1CCNCC1C1CCC(n2nc(-c3ccc(Oc4ccccc4)cc3)c3c(N)ncnc32)CC1. The second kappa shape index (κ2) is 11.6. The van der Waals surface area contributed by atoms with E-state index in [0.717, 1.165) is 72.6 Å². The maximum atomic E-state index is 13.0. The number of nitrogens with one attached hydrogen (secondary N) is 1. The van der Waals surface area contributed by atoms with Gasteiger partial charge in [-0.2, -0.15) is 5.10 Å². The van der Waals surface area contributed by atoms with Crippen LogP contribution in [0.4, 0.5) is 10.6 Å². The first-order chi connectivity index (χ1) is 20.3. The van der Waals surface area contributed by atoms with Crippen molar-refractivity contribution in [3.8, 4) is 22.8 Å². The lowest BCUT2D eigenvalue weighted by Gasteiger charge is -2.43. The van der Waals surface area contributed by atoms with E-state index in [4.69, 9.17) is 20.3 Å². The zero-order valence-electron chi connectivity index (χ0n) is 24.5. The Bertz CT molecular complexity index is 1520. The van der Waals surface area contributed by atoms with Gasteiger partial charge in [0.15, 0.2) is 5.65 Å². The Hall–Kier alpha value is -4.18. The van der Waals surface area contributed by atoms with Gasteiger partial charge < -0.3 is 25.4 Å². The smallest absolute Gasteiger partial charge is 0.410 e. The van der Waals surface area contributed by atoms with Crippen molar-refractivity contribution in [3.63, 3.8) is 0 Å². The van der Waals surface area contributed by atoms with Gasteiger partial charge in [-0.05, 0) is 88.8 Å². The molecule has 1 aliphatic carbocycles. The Morgan fingerprint density at radius 3 is 2.40 bits per heavy atom. The summed E-state index contributed by atoms with van der Waals surface area (Å²) in [5.41, 5.74) is 8.32. The molecule has 0 spiro atoms. The molecule has 42 heavy (non-hydrogen) atoms. The van der Waals surface area contributed by atoms with Crippen LogP contribution < -0.4 is 15.8 Å². The number of fused-ring (bicyclic) bond motifs is 1. The predicted molar refractivity (Wildman–Crippen MR) is 162 cm³/mol. The van der Waals surface area contributed by atoms with E-state index in [1.807, 2.05) is 85.0 Å². The fraction of sp³-hybridized carbons (Fsp3) is 0.438. The third-order valence-corrected chi connectivity index (χ3v) is 8.17. The molecular formula is C32H39N7O3. The van der Waals surface area contributed by atoms with E-state index in [0.29, 0.717) is 18.3 Å². The molecule has 0 bridgehead atoms. The number of ether oxygens (including phenoxy) is 2. The fourth-order valence-electron chi connectivity index (χ4n) is 6.18. The zero-order chi connectivity index (χ0) is 29.3. The van der Waals surface area contributed by atoms with E-state index >= 15 is 0 Å². The first-order valence-electron chi connectivity index (χ1n) is 14.8. The van der Waals surface area contributed by atoms with Crippen LogP contribution in [0, 0.1) is 5.92 Å². The highest BCUT2D eigenvalue weighted by Crippen LogP contribution is 2.39. The quantitative estimate of drug-likeness (QED) is 0.309. The molecule has 1 aliphatic heterocycles. The van der Waals surface area contributed by atoms with Crippen LogP contribution in [-0.2, 0) is 4.74 Å². The molecule has 2 fully saturated rings. The van der Waals surface area contributed by atoms with Crippen LogP contribution >= 0.6 is 0 Å². The number of piperazine rings is 1. The number of aromatic nitrogens is 4. The van der Waals surface area contributed by atoms with Crippen LogP contribution in [0.3, 0.4) is 0 Å². The summed E-state index contributed by atoms with van der Waals surface area (Å²) in [6.45, 7) is 7.99. The van der Waals surface area contributed by atoms with Crippen molar-refractivity contribution in [1.82, 2.24) is 30.0 Å². The molecule has 2 aromatic carbocycles. The lowest BCUT2D eigenvalue weighted by Crippen LogP contribution is -2.57. The van der Waals surface area contributed by atoms with Gasteiger partial charge in [0.2, 0.25) is 0 Å². The maximum absolute atomic E-state index is 13.0. The average molecular weight is 570 g/mol. The number of benzene rings is 2. The number of carbonyl (C=O) groups excluding carboxylic acids is 1. The number of para-hydroxylation sites is 1. The van der Waals surface area contributed by atoms with Gasteiger partial charge in [0.25, 0.3) is 0 Å². The molecular weight excluding hydrogens is 530 g/mol. The molecule has 0 radical (unpaired) electrons. The summed E-state index contributed by atoms with van der Waals surface area (Å²) in [6, 6.07) is 17.9. The molecule has 10 heteroatoms. The number of hydrogen-bond acceptors (Lipinski definition) is 8. The zero-order valence-corrected chi connectivity index (χ0v) is 24.5. The van der Waals surface area contributed by atoms with Gasteiger partial charge in [-0.25, -0.2) is 19.4 Å². The monoisotopic (exact) mass is 569 g/mol. The minimum absolute atomic E-state index is 0.120. The molecule has 6 rings (SSSR count). The van der Waals surface area contributed by atoms with Crippen molar-refractivity contribution in [2.75, 3.05) is 25.4 Å². The van der Waals surface area contributed by atoms with Gasteiger partial charge >= 0.3 is 6.09 Å². The number of nitrogens with two attached hydrogens (primary N) is 1. The largest absolute Gasteiger partial charge is 0.457 e. The lowest BCUT2D eigenvalue weighted by molar-refractivity contribution is 0.000317. The van der Waals surface area contributed by atoms with Crippen LogP contribution in [-0.4, -0.2) is 62.0 Å². The topological polar surface area (TPSA) is 120 Å². The standard InChI is InChI=1S/C32H39N7O3/c1-32(2,3)42-31(40)38-18-17-34-19-26(38)21-9-13-23(14-10-21)39-30-27(29(33)35-20-36-30)28(37-39)22-11-15-25(16-12-22)41-24-7-5-4-6-8-24/h4-8,11-12,15-16,20-21,23,26,34H,9-10,13-14,17-19H2,1-3H3,(H2,33,35,36). The summed E-state index contributed by atoms with van der Waals surface area (Å²) in [5, 5.41) is 9.33. The first kappa shape index (κ1) is 28.0. The fourth-order valence-corrected chi connectivity index (χ4v) is 6.18. The summed E-state index contributed by atoms with van der Waals surface area (Å²) in [4.78, 5) is 23.8. The molecule has 3 heterocycles. The van der Waals surface area contributed by atoms with E-state index in [-0.39, 0.29) is 18.2 Å². The molecule has 1 amide bonds. The Kier molecular flexibility index (Phi) is 7.72. The van der Waals surface area contributed by atoms with Gasteiger partial charge in [0.1, 0.15) is 34.9 Å². The predicted octanol–water partition coefficient (Wildman–Crippen LogP) is 5.81. The minimum atomic E-state index is -0.512. The van der Waals surface area contributed by atoms with E-state index in [1.54, 1.807) is 0 Å². The Morgan fingerprint density at radius 1 is 0.976 bits per heavy atom. The van der Waals surface area contributed by atoms with E-state index in [9.17, 15) is 4.79 Å². The van der Waals surface area contributed by atoms with Crippen molar-refractivity contribution in [2.45, 2.75) is 64.1 Å². The van der Waals surface area contributed by atoms with E-state index in [1.165, 1.54) is 6.33 Å². The lowest BCUT2D eigenvalue weighted by atomic mass is 9.80. The van der Waals surface area contributed by atoms with Crippen LogP contribution in [0.15, 0.2) is 60.9 Å². The van der Waals surface area contributed by atoms with Crippen molar-refractivity contribution in [2.24, 2.45) is 5.92 Å². The van der Waals surface area contributed by atoms with Gasteiger partial charge in [-0.3, -0.25) is 0 Å². The van der Waals surface area contributed by atoms with Crippen LogP contribution in [0.5, 0.6) is 11.5 Å². The van der Waals surface area contributed by atoms with Crippen LogP contribution in [0.1, 0.15) is 52.5 Å². The molecule has 2 aliphatic rings. The second-order valence-electron chi connectivity index (χ2n) is 12.2. The number of amides is 1. The summed E-state index contributed by atoms with van der Waals surface area (Å²) >= 11 is 0. The van der Waals surface area contributed by atoms with Gasteiger partial charge in [0, 0.05) is 25.2 Å². The molecule has 1 unspecified atom stereocenters. The summed E-state index contributed by atoms with van der Waals surface area (Å²) < 4.78 is 13.8. The number of nitrogens with zero attached hydrogens (tertiary/aromatic N) is 5. The average Bonchev–Trinajstić information content (AvgIpc) is 3.38. The van der Waals surface area contributed by atoms with Crippen molar-refractivity contribution in [3.05, 3.63) is 60.9 Å².